The molecule has 7 heteroatoms. The lowest BCUT2D eigenvalue weighted by molar-refractivity contribution is -0.00235. The largest absolute Gasteiger partial charge is 0.378 e. The summed E-state index contributed by atoms with van der Waals surface area (Å²) in [5.74, 6) is 0.281. The van der Waals surface area contributed by atoms with E-state index in [0.29, 0.717) is 24.0 Å². The van der Waals surface area contributed by atoms with Gasteiger partial charge in [-0.15, -0.1) is 11.3 Å². The maximum atomic E-state index is 12.6. The second-order valence-corrected chi connectivity index (χ2v) is 7.12. The molecule has 0 bridgehead atoms. The topological polar surface area (TPSA) is 63.9 Å². The van der Waals surface area contributed by atoms with Crippen LogP contribution < -0.4 is 5.56 Å². The first-order valence-electron chi connectivity index (χ1n) is 7.92. The van der Waals surface area contributed by atoms with E-state index in [1.54, 1.807) is 16.5 Å². The number of thiazole rings is 1. The molecule has 0 N–H and O–H groups in total. The number of ether oxygens (including phenoxy) is 1. The molecule has 3 rings (SSSR count). The summed E-state index contributed by atoms with van der Waals surface area (Å²) in [6, 6.07) is 0. The van der Waals surface area contributed by atoms with Gasteiger partial charge in [-0.1, -0.05) is 13.8 Å². The van der Waals surface area contributed by atoms with Crippen LogP contribution >= 0.6 is 11.3 Å². The quantitative estimate of drug-likeness (QED) is 0.858. The van der Waals surface area contributed by atoms with Crippen LogP contribution in [-0.2, 0) is 4.74 Å². The van der Waals surface area contributed by atoms with Crippen LogP contribution in [0.3, 0.4) is 0 Å². The van der Waals surface area contributed by atoms with Gasteiger partial charge >= 0.3 is 0 Å². The highest BCUT2D eigenvalue weighted by Crippen LogP contribution is 2.16. The molecule has 23 heavy (non-hydrogen) atoms. The summed E-state index contributed by atoms with van der Waals surface area (Å²) >= 11 is 1.38. The Labute approximate surface area is 138 Å². The minimum absolute atomic E-state index is 0.141. The van der Waals surface area contributed by atoms with Gasteiger partial charge in [-0.25, -0.2) is 4.98 Å². The van der Waals surface area contributed by atoms with Crippen LogP contribution in [-0.4, -0.2) is 46.0 Å². The molecule has 2 aromatic heterocycles. The molecule has 0 saturated carbocycles. The number of nitrogens with zero attached hydrogens (tertiary/aromatic N) is 3. The third-order valence-corrected chi connectivity index (χ3v) is 4.74. The van der Waals surface area contributed by atoms with E-state index in [4.69, 9.17) is 4.74 Å². The Hall–Kier alpha value is -1.73. The Morgan fingerprint density at radius 3 is 2.87 bits per heavy atom. The number of hydrogen-bond acceptors (Lipinski definition) is 5. The minimum Gasteiger partial charge on any atom is -0.378 e. The number of fused-ring (bicyclic) bond motifs is 1. The smallest absolute Gasteiger partial charge is 0.271 e. The van der Waals surface area contributed by atoms with Crippen molar-refractivity contribution in [2.45, 2.75) is 32.8 Å². The Balaban J connectivity index is 1.67. The van der Waals surface area contributed by atoms with Gasteiger partial charge in [0.1, 0.15) is 5.56 Å². The molecule has 0 aromatic carbocycles. The van der Waals surface area contributed by atoms with E-state index >= 15 is 0 Å². The molecular weight excluding hydrogens is 314 g/mol. The molecule has 0 atom stereocenters. The van der Waals surface area contributed by atoms with Gasteiger partial charge in [-0.3, -0.25) is 14.0 Å². The predicted octanol–water partition coefficient (Wildman–Crippen LogP) is 2.03. The summed E-state index contributed by atoms with van der Waals surface area (Å²) in [6.07, 6.45) is 4.89. The first-order valence-corrected chi connectivity index (χ1v) is 8.80. The number of rotatable bonds is 4. The van der Waals surface area contributed by atoms with Crippen LogP contribution in [0.4, 0.5) is 0 Å². The molecule has 1 amide bonds. The van der Waals surface area contributed by atoms with Crippen molar-refractivity contribution < 1.29 is 9.53 Å². The molecule has 1 aliphatic rings. The van der Waals surface area contributed by atoms with Crippen LogP contribution in [0, 0.1) is 5.92 Å². The van der Waals surface area contributed by atoms with E-state index in [1.165, 1.54) is 21.9 Å². The van der Waals surface area contributed by atoms with E-state index in [2.05, 4.69) is 18.8 Å². The number of hydrogen-bond donors (Lipinski definition) is 0. The molecule has 2 aromatic rings. The second-order valence-electron chi connectivity index (χ2n) is 6.25. The van der Waals surface area contributed by atoms with E-state index in [0.717, 1.165) is 19.4 Å². The van der Waals surface area contributed by atoms with Crippen molar-refractivity contribution in [3.63, 3.8) is 0 Å². The third-order valence-electron chi connectivity index (χ3n) is 3.97. The second kappa shape index (κ2) is 6.80. The number of aromatic nitrogens is 2. The highest BCUT2D eigenvalue weighted by atomic mass is 32.1. The van der Waals surface area contributed by atoms with E-state index < -0.39 is 0 Å². The predicted molar refractivity (Wildman–Crippen MR) is 89.1 cm³/mol. The van der Waals surface area contributed by atoms with Gasteiger partial charge in [0.15, 0.2) is 4.96 Å². The number of piperidine rings is 1. The highest BCUT2D eigenvalue weighted by Gasteiger charge is 2.26. The van der Waals surface area contributed by atoms with Crippen molar-refractivity contribution in [2.75, 3.05) is 19.7 Å². The van der Waals surface area contributed by atoms with Crippen molar-refractivity contribution in [2.24, 2.45) is 5.92 Å². The Morgan fingerprint density at radius 2 is 2.17 bits per heavy atom. The fourth-order valence-corrected chi connectivity index (χ4v) is 3.37. The molecule has 0 aliphatic carbocycles. The Morgan fingerprint density at radius 1 is 1.43 bits per heavy atom. The molecule has 1 fully saturated rings. The minimum atomic E-state index is -0.292. The standard InChI is InChI=1S/C16H21N3O3S/c1-11(2)10-22-12-3-5-18(6-4-12)14(20)13-9-17-16-19(15(13)21)7-8-23-16/h7-9,11-12H,3-6,10H2,1-2H3. The third kappa shape index (κ3) is 3.45. The molecule has 0 spiro atoms. The van der Waals surface area contributed by atoms with Gasteiger partial charge < -0.3 is 9.64 Å². The number of amides is 1. The summed E-state index contributed by atoms with van der Waals surface area (Å²) in [5.41, 5.74) is -0.151. The first-order chi connectivity index (χ1) is 11.1. The van der Waals surface area contributed by atoms with E-state index in [-0.39, 0.29) is 23.1 Å². The monoisotopic (exact) mass is 335 g/mol. The van der Waals surface area contributed by atoms with Gasteiger partial charge in [0.25, 0.3) is 11.5 Å². The summed E-state index contributed by atoms with van der Waals surface area (Å²) in [7, 11) is 0. The summed E-state index contributed by atoms with van der Waals surface area (Å²) in [4.78, 5) is 31.5. The average Bonchev–Trinajstić information content (AvgIpc) is 3.03. The molecule has 6 nitrogen and oxygen atoms in total. The van der Waals surface area contributed by atoms with Crippen LogP contribution in [0.15, 0.2) is 22.6 Å². The van der Waals surface area contributed by atoms with Crippen molar-refractivity contribution >= 4 is 22.2 Å². The molecule has 0 radical (unpaired) electrons. The first kappa shape index (κ1) is 16.1. The zero-order valence-electron chi connectivity index (χ0n) is 13.4. The van der Waals surface area contributed by atoms with Crippen LogP contribution in [0.25, 0.3) is 4.96 Å². The zero-order valence-corrected chi connectivity index (χ0v) is 14.2. The fraction of sp³-hybridized carbons (Fsp3) is 0.562. The lowest BCUT2D eigenvalue weighted by atomic mass is 10.1. The van der Waals surface area contributed by atoms with Crippen LogP contribution in [0.5, 0.6) is 0 Å². The zero-order chi connectivity index (χ0) is 16.4. The number of likely N-dealkylation sites (tertiary alicyclic amines) is 1. The number of carbonyl (C=O) groups is 1. The summed E-state index contributed by atoms with van der Waals surface area (Å²) in [6.45, 7) is 6.23. The maximum absolute atomic E-state index is 12.6. The summed E-state index contributed by atoms with van der Waals surface area (Å²) in [5, 5.41) is 1.79. The lowest BCUT2D eigenvalue weighted by Crippen LogP contribution is -2.43. The lowest BCUT2D eigenvalue weighted by Gasteiger charge is -2.32. The normalized spacial score (nSPS) is 16.4. The van der Waals surface area contributed by atoms with Crippen molar-refractivity contribution in [3.8, 4) is 0 Å². The van der Waals surface area contributed by atoms with Crippen molar-refractivity contribution in [1.82, 2.24) is 14.3 Å². The van der Waals surface area contributed by atoms with Gasteiger partial charge in [0.2, 0.25) is 0 Å². The van der Waals surface area contributed by atoms with Gasteiger partial charge in [0.05, 0.1) is 6.10 Å². The van der Waals surface area contributed by atoms with E-state index in [9.17, 15) is 9.59 Å². The SMILES string of the molecule is CC(C)COC1CCN(C(=O)c2cnc3sccn3c2=O)CC1. The molecule has 1 saturated heterocycles. The molecule has 1 aliphatic heterocycles. The summed E-state index contributed by atoms with van der Waals surface area (Å²) < 4.78 is 7.26. The van der Waals surface area contributed by atoms with E-state index in [1.807, 2.05) is 0 Å². The van der Waals surface area contributed by atoms with Gasteiger partial charge in [0, 0.05) is 37.5 Å². The van der Waals surface area contributed by atoms with Crippen molar-refractivity contribution in [3.05, 3.63) is 33.7 Å². The van der Waals surface area contributed by atoms with Crippen molar-refractivity contribution in [1.29, 1.82) is 0 Å². The number of carbonyl (C=O) groups excluding carboxylic acids is 1. The van der Waals surface area contributed by atoms with Crippen LogP contribution in [0.1, 0.15) is 37.0 Å². The van der Waals surface area contributed by atoms with Crippen LogP contribution in [0.2, 0.25) is 0 Å². The molecule has 0 unspecified atom stereocenters. The van der Waals surface area contributed by atoms with Gasteiger partial charge in [-0.05, 0) is 18.8 Å². The maximum Gasteiger partial charge on any atom is 0.271 e. The Kier molecular flexibility index (Phi) is 4.77. The highest BCUT2D eigenvalue weighted by molar-refractivity contribution is 7.15. The molecule has 124 valence electrons. The molecule has 3 heterocycles. The molecular formula is C16H21N3O3S. The average molecular weight is 335 g/mol. The Bertz CT molecular complexity index is 744. The van der Waals surface area contributed by atoms with Gasteiger partial charge in [-0.2, -0.15) is 0 Å². The fourth-order valence-electron chi connectivity index (χ4n) is 2.70.